The van der Waals surface area contributed by atoms with E-state index in [9.17, 15) is 13.6 Å². The minimum Gasteiger partial charge on any atom is -0.371 e. The average Bonchev–Trinajstić information content (AvgIpc) is 3.26. The zero-order valence-corrected chi connectivity index (χ0v) is 13.1. The van der Waals surface area contributed by atoms with Gasteiger partial charge in [0.1, 0.15) is 6.10 Å². The van der Waals surface area contributed by atoms with Gasteiger partial charge in [0.15, 0.2) is 11.6 Å². The fourth-order valence-electron chi connectivity index (χ4n) is 3.16. The first-order valence-electron chi connectivity index (χ1n) is 7.93. The zero-order chi connectivity index (χ0) is 17.4. The first-order valence-corrected chi connectivity index (χ1v) is 7.93. The molecule has 1 aliphatic heterocycles. The largest absolute Gasteiger partial charge is 0.371 e. The van der Waals surface area contributed by atoms with Gasteiger partial charge >= 0.3 is 0 Å². The van der Waals surface area contributed by atoms with Crippen LogP contribution in [0.5, 0.6) is 0 Å². The summed E-state index contributed by atoms with van der Waals surface area (Å²) in [6.45, 7) is 0.433. The Balaban J connectivity index is 1.58. The molecule has 2 heterocycles. The summed E-state index contributed by atoms with van der Waals surface area (Å²) in [6.07, 6.45) is 1.73. The molecule has 128 valence electrons. The molecular formula is C18H15F2N3O2. The van der Waals surface area contributed by atoms with Gasteiger partial charge in [0.25, 0.3) is 5.91 Å². The number of benzene rings is 2. The number of H-pyrrole nitrogens is 1. The third-order valence-corrected chi connectivity index (χ3v) is 4.40. The minimum atomic E-state index is -0.930. The van der Waals surface area contributed by atoms with Crippen LogP contribution in [0.4, 0.5) is 8.78 Å². The zero-order valence-electron chi connectivity index (χ0n) is 13.1. The van der Waals surface area contributed by atoms with Crippen molar-refractivity contribution < 1.29 is 18.3 Å². The highest BCUT2D eigenvalue weighted by Gasteiger charge is 2.32. The van der Waals surface area contributed by atoms with Gasteiger partial charge in [0, 0.05) is 12.0 Å². The smallest absolute Gasteiger partial charge is 0.253 e. The maximum Gasteiger partial charge on any atom is 0.253 e. The number of fused-ring (bicyclic) bond motifs is 1. The van der Waals surface area contributed by atoms with E-state index in [0.717, 1.165) is 17.5 Å². The molecule has 3 aromatic rings. The highest BCUT2D eigenvalue weighted by Crippen LogP contribution is 2.30. The lowest BCUT2D eigenvalue weighted by Gasteiger charge is -2.20. The Hall–Kier alpha value is -2.80. The number of hydrogen-bond donors (Lipinski definition) is 2. The summed E-state index contributed by atoms with van der Waals surface area (Å²) in [6, 6.07) is 8.68. The lowest BCUT2D eigenvalue weighted by atomic mass is 10.0. The van der Waals surface area contributed by atoms with Crippen molar-refractivity contribution in [1.29, 1.82) is 0 Å². The molecule has 1 saturated heterocycles. The van der Waals surface area contributed by atoms with Crippen LogP contribution in [0.1, 0.15) is 28.4 Å². The van der Waals surface area contributed by atoms with Crippen LogP contribution in [0.25, 0.3) is 10.9 Å². The number of hydrogen-bond acceptors (Lipinski definition) is 3. The Labute approximate surface area is 142 Å². The number of halogens is 2. The van der Waals surface area contributed by atoms with Crippen molar-refractivity contribution in [2.24, 2.45) is 0 Å². The van der Waals surface area contributed by atoms with Gasteiger partial charge in [0.2, 0.25) is 0 Å². The van der Waals surface area contributed by atoms with Gasteiger partial charge in [-0.3, -0.25) is 9.89 Å². The molecule has 25 heavy (non-hydrogen) atoms. The van der Waals surface area contributed by atoms with Crippen molar-refractivity contribution in [3.8, 4) is 0 Å². The Kier molecular flexibility index (Phi) is 3.93. The molecule has 0 unspecified atom stereocenters. The number of nitrogens with one attached hydrogen (secondary N) is 2. The molecule has 2 aromatic carbocycles. The summed E-state index contributed by atoms with van der Waals surface area (Å²) in [5, 5.41) is 10.5. The fourth-order valence-corrected chi connectivity index (χ4v) is 3.16. The predicted molar refractivity (Wildman–Crippen MR) is 87.0 cm³/mol. The Morgan fingerprint density at radius 3 is 2.96 bits per heavy atom. The molecule has 2 atom stereocenters. The topological polar surface area (TPSA) is 67.0 Å². The molecule has 0 spiro atoms. The van der Waals surface area contributed by atoms with Crippen LogP contribution in [0.3, 0.4) is 0 Å². The number of para-hydroxylation sites is 1. The molecular weight excluding hydrogens is 328 g/mol. The van der Waals surface area contributed by atoms with Crippen LogP contribution in [0, 0.1) is 11.6 Å². The Morgan fingerprint density at radius 1 is 1.24 bits per heavy atom. The van der Waals surface area contributed by atoms with E-state index in [1.807, 2.05) is 6.07 Å². The molecule has 0 bridgehead atoms. The van der Waals surface area contributed by atoms with Crippen molar-refractivity contribution in [3.63, 3.8) is 0 Å². The van der Waals surface area contributed by atoms with Crippen LogP contribution in [0.2, 0.25) is 0 Å². The number of aromatic amines is 1. The van der Waals surface area contributed by atoms with E-state index in [4.69, 9.17) is 4.74 Å². The lowest BCUT2D eigenvalue weighted by Crippen LogP contribution is -2.37. The Bertz CT molecular complexity index is 941. The van der Waals surface area contributed by atoms with Gasteiger partial charge in [-0.25, -0.2) is 8.78 Å². The molecule has 1 amide bonds. The quantitative estimate of drug-likeness (QED) is 0.768. The second kappa shape index (κ2) is 6.25. The van der Waals surface area contributed by atoms with E-state index in [0.29, 0.717) is 29.7 Å². The van der Waals surface area contributed by atoms with Gasteiger partial charge in [0.05, 0.1) is 23.3 Å². The molecule has 2 N–H and O–H groups in total. The summed E-state index contributed by atoms with van der Waals surface area (Å²) >= 11 is 0. The molecule has 0 aliphatic carbocycles. The monoisotopic (exact) mass is 343 g/mol. The van der Waals surface area contributed by atoms with E-state index in [1.54, 1.807) is 18.3 Å². The molecule has 1 aliphatic rings. The van der Waals surface area contributed by atoms with Gasteiger partial charge in [-0.2, -0.15) is 5.10 Å². The van der Waals surface area contributed by atoms with E-state index < -0.39 is 17.7 Å². The van der Waals surface area contributed by atoms with Crippen LogP contribution in [0.15, 0.2) is 42.6 Å². The van der Waals surface area contributed by atoms with E-state index >= 15 is 0 Å². The predicted octanol–water partition coefficient (Wildman–Crippen LogP) is 3.10. The van der Waals surface area contributed by atoms with Crippen molar-refractivity contribution in [2.75, 3.05) is 6.61 Å². The summed E-state index contributed by atoms with van der Waals surface area (Å²) in [5.74, 6) is -2.11. The lowest BCUT2D eigenvalue weighted by molar-refractivity contribution is 0.0821. The number of rotatable bonds is 3. The van der Waals surface area contributed by atoms with Gasteiger partial charge in [-0.15, -0.1) is 0 Å². The third kappa shape index (κ3) is 2.87. The first-order chi connectivity index (χ1) is 12.1. The van der Waals surface area contributed by atoms with E-state index in [1.165, 1.54) is 6.07 Å². The van der Waals surface area contributed by atoms with Crippen LogP contribution in [-0.2, 0) is 4.74 Å². The second-order valence-electron chi connectivity index (χ2n) is 5.97. The summed E-state index contributed by atoms with van der Waals surface area (Å²) in [5.41, 5.74) is 1.63. The van der Waals surface area contributed by atoms with E-state index in [2.05, 4.69) is 15.5 Å². The number of carbonyl (C=O) groups excluding carboxylic acids is 1. The second-order valence-corrected chi connectivity index (χ2v) is 5.97. The molecule has 5 nitrogen and oxygen atoms in total. The first kappa shape index (κ1) is 15.7. The molecule has 7 heteroatoms. The van der Waals surface area contributed by atoms with Crippen molar-refractivity contribution in [3.05, 3.63) is 65.4 Å². The molecule has 1 fully saturated rings. The summed E-state index contributed by atoms with van der Waals surface area (Å²) in [4.78, 5) is 12.7. The number of ether oxygens (including phenoxy) is 1. The number of amides is 1. The number of aromatic nitrogens is 2. The van der Waals surface area contributed by atoms with Crippen molar-refractivity contribution in [1.82, 2.24) is 15.5 Å². The van der Waals surface area contributed by atoms with Crippen LogP contribution in [-0.4, -0.2) is 28.8 Å². The SMILES string of the molecule is O=C(N[C@@H]1CCO[C@H]1c1ccc(F)c(F)c1)c1cccc2cn[nH]c12. The number of carbonyl (C=O) groups is 1. The van der Waals surface area contributed by atoms with E-state index in [-0.39, 0.29) is 11.9 Å². The summed E-state index contributed by atoms with van der Waals surface area (Å²) < 4.78 is 32.3. The van der Waals surface area contributed by atoms with Crippen molar-refractivity contribution >= 4 is 16.8 Å². The van der Waals surface area contributed by atoms with Crippen LogP contribution >= 0.6 is 0 Å². The third-order valence-electron chi connectivity index (χ3n) is 4.40. The van der Waals surface area contributed by atoms with Gasteiger partial charge in [-0.1, -0.05) is 18.2 Å². The molecule has 0 saturated carbocycles. The van der Waals surface area contributed by atoms with Crippen molar-refractivity contribution in [2.45, 2.75) is 18.6 Å². The standard InChI is InChI=1S/C18H15F2N3O2/c19-13-5-4-10(8-14(13)20)17-15(6-7-25-17)22-18(24)12-3-1-2-11-9-21-23-16(11)12/h1-5,8-9,15,17H,6-7H2,(H,21,23)(H,22,24)/t15-,17+/m1/s1. The summed E-state index contributed by atoms with van der Waals surface area (Å²) in [7, 11) is 0. The highest BCUT2D eigenvalue weighted by atomic mass is 19.2. The highest BCUT2D eigenvalue weighted by molar-refractivity contribution is 6.05. The molecule has 0 radical (unpaired) electrons. The fraction of sp³-hybridized carbons (Fsp3) is 0.222. The van der Waals surface area contributed by atoms with Gasteiger partial charge < -0.3 is 10.1 Å². The van der Waals surface area contributed by atoms with Gasteiger partial charge in [-0.05, 0) is 30.2 Å². The minimum absolute atomic E-state index is 0.266. The molecule has 4 rings (SSSR count). The molecule has 1 aromatic heterocycles. The maximum absolute atomic E-state index is 13.5. The maximum atomic E-state index is 13.5. The normalized spacial score (nSPS) is 20.1. The van der Waals surface area contributed by atoms with Crippen LogP contribution < -0.4 is 5.32 Å². The average molecular weight is 343 g/mol. The Morgan fingerprint density at radius 2 is 2.12 bits per heavy atom. The number of nitrogens with zero attached hydrogens (tertiary/aromatic N) is 1.